The van der Waals surface area contributed by atoms with Crippen molar-refractivity contribution in [3.63, 3.8) is 0 Å². The molecule has 0 saturated heterocycles. The molecular weight excluding hydrogens is 328 g/mol. The van der Waals surface area contributed by atoms with Gasteiger partial charge in [0.2, 0.25) is 5.95 Å². The van der Waals surface area contributed by atoms with Crippen LogP contribution in [-0.2, 0) is 17.8 Å². The van der Waals surface area contributed by atoms with E-state index >= 15 is 0 Å². The largest absolute Gasteiger partial charge is 0.382 e. The van der Waals surface area contributed by atoms with Crippen molar-refractivity contribution in [1.82, 2.24) is 9.55 Å². The first-order valence-corrected chi connectivity index (χ1v) is 8.86. The topological polar surface area (TPSA) is 82.2 Å². The van der Waals surface area contributed by atoms with E-state index in [2.05, 4.69) is 10.3 Å². The standard InChI is InChI=1S/C20H24N4O2/c1-2-26-13-5-12-24-18-7-4-3-6-17(18)22-20(24)23-19(25)16-10-8-15(14-21)9-11-16/h3-4,6-11H,2,5,12-14,21H2,1H3,(H,22,23,25). The maximum absolute atomic E-state index is 12.6. The van der Waals surface area contributed by atoms with Gasteiger partial charge in [-0.2, -0.15) is 0 Å². The van der Waals surface area contributed by atoms with Gasteiger partial charge in [-0.05, 0) is 43.2 Å². The summed E-state index contributed by atoms with van der Waals surface area (Å²) in [6.45, 7) is 4.54. The van der Waals surface area contributed by atoms with Crippen molar-refractivity contribution in [2.45, 2.75) is 26.4 Å². The van der Waals surface area contributed by atoms with Crippen LogP contribution in [0, 0.1) is 0 Å². The molecule has 0 fully saturated rings. The van der Waals surface area contributed by atoms with Gasteiger partial charge in [0.25, 0.3) is 5.91 Å². The van der Waals surface area contributed by atoms with Crippen LogP contribution in [0.25, 0.3) is 11.0 Å². The predicted octanol–water partition coefficient (Wildman–Crippen LogP) is 3.17. The third-order valence-corrected chi connectivity index (χ3v) is 4.21. The van der Waals surface area contributed by atoms with Crippen LogP contribution in [0.4, 0.5) is 5.95 Å². The minimum Gasteiger partial charge on any atom is -0.382 e. The molecule has 0 aliphatic carbocycles. The maximum atomic E-state index is 12.6. The van der Waals surface area contributed by atoms with Gasteiger partial charge in [0.1, 0.15) is 0 Å². The Morgan fingerprint density at radius 1 is 1.19 bits per heavy atom. The molecule has 6 heteroatoms. The monoisotopic (exact) mass is 352 g/mol. The van der Waals surface area contributed by atoms with Crippen molar-refractivity contribution < 1.29 is 9.53 Å². The van der Waals surface area contributed by atoms with E-state index in [0.717, 1.165) is 29.6 Å². The molecule has 0 unspecified atom stereocenters. The molecule has 136 valence electrons. The number of hydrogen-bond donors (Lipinski definition) is 2. The second kappa shape index (κ2) is 8.60. The van der Waals surface area contributed by atoms with E-state index in [-0.39, 0.29) is 5.91 Å². The molecule has 0 spiro atoms. The van der Waals surface area contributed by atoms with Gasteiger partial charge in [0.15, 0.2) is 0 Å². The van der Waals surface area contributed by atoms with Crippen molar-refractivity contribution in [2.75, 3.05) is 18.5 Å². The van der Waals surface area contributed by atoms with Crippen LogP contribution in [0.15, 0.2) is 48.5 Å². The Labute approximate surface area is 153 Å². The third kappa shape index (κ3) is 4.09. The third-order valence-electron chi connectivity index (χ3n) is 4.21. The summed E-state index contributed by atoms with van der Waals surface area (Å²) < 4.78 is 7.45. The molecule has 1 aromatic heterocycles. The Kier molecular flexibility index (Phi) is 5.99. The van der Waals surface area contributed by atoms with Crippen LogP contribution in [0.1, 0.15) is 29.3 Å². The summed E-state index contributed by atoms with van der Waals surface area (Å²) in [5.74, 6) is 0.366. The number of hydrogen-bond acceptors (Lipinski definition) is 4. The summed E-state index contributed by atoms with van der Waals surface area (Å²) in [5, 5.41) is 2.94. The molecule has 0 aliphatic heterocycles. The van der Waals surface area contributed by atoms with Crippen molar-refractivity contribution in [2.24, 2.45) is 5.73 Å². The smallest absolute Gasteiger partial charge is 0.257 e. The van der Waals surface area contributed by atoms with Crippen molar-refractivity contribution in [1.29, 1.82) is 0 Å². The van der Waals surface area contributed by atoms with Crippen LogP contribution in [0.5, 0.6) is 0 Å². The first-order valence-electron chi connectivity index (χ1n) is 8.86. The fourth-order valence-corrected chi connectivity index (χ4v) is 2.83. The van der Waals surface area contributed by atoms with E-state index in [0.29, 0.717) is 31.3 Å². The minimum atomic E-state index is -0.185. The molecule has 3 N–H and O–H groups in total. The highest BCUT2D eigenvalue weighted by Crippen LogP contribution is 2.20. The van der Waals surface area contributed by atoms with Crippen molar-refractivity contribution >= 4 is 22.9 Å². The molecule has 2 aromatic carbocycles. The number of carbonyl (C=O) groups is 1. The lowest BCUT2D eigenvalue weighted by Crippen LogP contribution is -2.16. The lowest BCUT2D eigenvalue weighted by atomic mass is 10.1. The number of rotatable bonds is 8. The number of aromatic nitrogens is 2. The highest BCUT2D eigenvalue weighted by Gasteiger charge is 2.14. The molecule has 3 aromatic rings. The highest BCUT2D eigenvalue weighted by atomic mass is 16.5. The first kappa shape index (κ1) is 18.1. The Bertz CT molecular complexity index is 871. The summed E-state index contributed by atoms with van der Waals surface area (Å²) in [6, 6.07) is 15.1. The van der Waals surface area contributed by atoms with E-state index in [4.69, 9.17) is 10.5 Å². The SMILES string of the molecule is CCOCCCn1c(NC(=O)c2ccc(CN)cc2)nc2ccccc21. The summed E-state index contributed by atoms with van der Waals surface area (Å²) >= 11 is 0. The number of amides is 1. The zero-order valence-corrected chi connectivity index (χ0v) is 14.9. The first-order chi connectivity index (χ1) is 12.7. The number of fused-ring (bicyclic) bond motifs is 1. The molecule has 1 heterocycles. The Morgan fingerprint density at radius 2 is 1.96 bits per heavy atom. The summed E-state index contributed by atoms with van der Waals surface area (Å²) in [6.07, 6.45) is 0.849. The molecule has 0 saturated carbocycles. The zero-order chi connectivity index (χ0) is 18.4. The normalized spacial score (nSPS) is 11.0. The van der Waals surface area contributed by atoms with Gasteiger partial charge < -0.3 is 15.0 Å². The number of nitrogens with two attached hydrogens (primary N) is 1. The molecule has 0 radical (unpaired) electrons. The number of para-hydroxylation sites is 2. The average molecular weight is 352 g/mol. The van der Waals surface area contributed by atoms with Gasteiger partial charge in [0.05, 0.1) is 11.0 Å². The fourth-order valence-electron chi connectivity index (χ4n) is 2.83. The summed E-state index contributed by atoms with van der Waals surface area (Å²) in [5.41, 5.74) is 9.03. The number of nitrogens with zero attached hydrogens (tertiary/aromatic N) is 2. The Morgan fingerprint density at radius 3 is 2.69 bits per heavy atom. The number of ether oxygens (including phenoxy) is 1. The van der Waals surface area contributed by atoms with E-state index in [1.54, 1.807) is 12.1 Å². The predicted molar refractivity (Wildman–Crippen MR) is 103 cm³/mol. The van der Waals surface area contributed by atoms with Crippen LogP contribution >= 0.6 is 0 Å². The average Bonchev–Trinajstić information content (AvgIpc) is 3.02. The quantitative estimate of drug-likeness (QED) is 0.610. The van der Waals surface area contributed by atoms with Crippen molar-refractivity contribution in [3.05, 3.63) is 59.7 Å². The molecule has 3 rings (SSSR count). The van der Waals surface area contributed by atoms with Gasteiger partial charge in [-0.3, -0.25) is 10.1 Å². The fraction of sp³-hybridized carbons (Fsp3) is 0.300. The lowest BCUT2D eigenvalue weighted by Gasteiger charge is -2.10. The molecule has 26 heavy (non-hydrogen) atoms. The number of benzene rings is 2. The van der Waals surface area contributed by atoms with Gasteiger partial charge in [0, 0.05) is 31.9 Å². The number of carbonyl (C=O) groups excluding carboxylic acids is 1. The number of nitrogens with one attached hydrogen (secondary N) is 1. The van der Waals surface area contributed by atoms with Crippen molar-refractivity contribution in [3.8, 4) is 0 Å². The van der Waals surface area contributed by atoms with Gasteiger partial charge in [-0.25, -0.2) is 4.98 Å². The maximum Gasteiger partial charge on any atom is 0.257 e. The number of anilines is 1. The van der Waals surface area contributed by atoms with Gasteiger partial charge in [-0.1, -0.05) is 24.3 Å². The number of aryl methyl sites for hydroxylation is 1. The minimum absolute atomic E-state index is 0.185. The molecule has 1 amide bonds. The number of imidazole rings is 1. The van der Waals surface area contributed by atoms with Crippen LogP contribution in [0.3, 0.4) is 0 Å². The molecule has 0 atom stereocenters. The molecule has 0 bridgehead atoms. The molecule has 0 aliphatic rings. The Balaban J connectivity index is 1.82. The zero-order valence-electron chi connectivity index (χ0n) is 14.9. The van der Waals surface area contributed by atoms with E-state index < -0.39 is 0 Å². The highest BCUT2D eigenvalue weighted by molar-refractivity contribution is 6.04. The second-order valence-electron chi connectivity index (χ2n) is 5.98. The summed E-state index contributed by atoms with van der Waals surface area (Å²) in [4.78, 5) is 17.2. The van der Waals surface area contributed by atoms with Crippen LogP contribution in [0.2, 0.25) is 0 Å². The molecule has 6 nitrogen and oxygen atoms in total. The van der Waals surface area contributed by atoms with Crippen LogP contribution in [-0.4, -0.2) is 28.7 Å². The van der Waals surface area contributed by atoms with E-state index in [9.17, 15) is 4.79 Å². The van der Waals surface area contributed by atoms with E-state index in [1.165, 1.54) is 0 Å². The summed E-state index contributed by atoms with van der Waals surface area (Å²) in [7, 11) is 0. The van der Waals surface area contributed by atoms with Crippen LogP contribution < -0.4 is 11.1 Å². The van der Waals surface area contributed by atoms with Gasteiger partial charge in [-0.15, -0.1) is 0 Å². The van der Waals surface area contributed by atoms with E-state index in [1.807, 2.05) is 47.9 Å². The van der Waals surface area contributed by atoms with Gasteiger partial charge >= 0.3 is 0 Å². The lowest BCUT2D eigenvalue weighted by molar-refractivity contribution is 0.102. The second-order valence-corrected chi connectivity index (χ2v) is 5.98. The Hall–Kier alpha value is -2.70. The molecular formula is C20H24N4O2.